The number of hydrogen-bond acceptors (Lipinski definition) is 1. The van der Waals surface area contributed by atoms with Gasteiger partial charge < -0.3 is 4.74 Å². The minimum Gasteiger partial charge on any atom is -0.381 e. The van der Waals surface area contributed by atoms with Crippen LogP contribution < -0.4 is 0 Å². The second kappa shape index (κ2) is 5.50. The summed E-state index contributed by atoms with van der Waals surface area (Å²) in [6, 6.07) is 0. The van der Waals surface area contributed by atoms with Crippen molar-refractivity contribution in [3.63, 3.8) is 0 Å². The van der Waals surface area contributed by atoms with Crippen LogP contribution in [0.25, 0.3) is 0 Å². The van der Waals surface area contributed by atoms with Gasteiger partial charge in [-0.1, -0.05) is 58.6 Å². The normalized spacial score (nSPS) is 18.4. The van der Waals surface area contributed by atoms with Crippen molar-refractivity contribution in [2.75, 3.05) is 7.11 Å². The molecule has 0 rings (SSSR count). The Balaban J connectivity index is 5.20. The summed E-state index contributed by atoms with van der Waals surface area (Å²) in [5, 5.41) is 1.63. The average molecular weight is 242 g/mol. The number of methoxy groups -OCH3 is 1. The second-order valence-corrected chi connectivity index (χ2v) is 12.0. The topological polar surface area (TPSA) is 9.23 Å². The van der Waals surface area contributed by atoms with E-state index in [9.17, 15) is 0 Å². The Hall–Kier alpha value is -0.0831. The average Bonchev–Trinajstić information content (AvgIpc) is 2.08. The van der Waals surface area contributed by atoms with Crippen molar-refractivity contribution in [2.24, 2.45) is 11.3 Å². The quantitative estimate of drug-likeness (QED) is 0.659. The van der Waals surface area contributed by atoms with E-state index < -0.39 is 8.07 Å². The highest BCUT2D eigenvalue weighted by molar-refractivity contribution is 6.83. The molecule has 0 aromatic carbocycles. The number of rotatable bonds is 4. The van der Waals surface area contributed by atoms with Crippen molar-refractivity contribution in [3.8, 4) is 0 Å². The maximum atomic E-state index is 5.48. The van der Waals surface area contributed by atoms with E-state index in [1.54, 1.807) is 12.3 Å². The van der Waals surface area contributed by atoms with E-state index in [2.05, 4.69) is 60.3 Å². The maximum absolute atomic E-state index is 5.48. The molecule has 0 aromatic heterocycles. The molecule has 16 heavy (non-hydrogen) atoms. The number of hydrogen-bond donors (Lipinski definition) is 0. The fourth-order valence-electron chi connectivity index (χ4n) is 1.95. The molecule has 1 nitrogen and oxygen atoms in total. The van der Waals surface area contributed by atoms with Crippen molar-refractivity contribution in [3.05, 3.63) is 11.3 Å². The molecule has 0 aliphatic rings. The van der Waals surface area contributed by atoms with E-state index in [1.165, 1.54) is 0 Å². The van der Waals surface area contributed by atoms with Gasteiger partial charge >= 0.3 is 0 Å². The first-order valence-electron chi connectivity index (χ1n) is 6.25. The monoisotopic (exact) mass is 242 g/mol. The molecule has 2 heteroatoms. The SMILES string of the molecule is CO[C@@H](C)[C@@H](C)/C(=C/C(C)(C)C)[Si](C)(C)C. The molecule has 0 aliphatic carbocycles. The summed E-state index contributed by atoms with van der Waals surface area (Å²) < 4.78 is 5.48. The molecule has 0 saturated heterocycles. The molecule has 0 unspecified atom stereocenters. The lowest BCUT2D eigenvalue weighted by Gasteiger charge is -2.32. The third-order valence-corrected chi connectivity index (χ3v) is 5.35. The zero-order valence-electron chi connectivity index (χ0n) is 12.6. The number of ether oxygens (including phenoxy) is 1. The van der Waals surface area contributed by atoms with Gasteiger partial charge in [0.15, 0.2) is 0 Å². The highest BCUT2D eigenvalue weighted by Crippen LogP contribution is 2.31. The predicted molar refractivity (Wildman–Crippen MR) is 76.5 cm³/mol. The van der Waals surface area contributed by atoms with Gasteiger partial charge in [0.05, 0.1) is 14.2 Å². The van der Waals surface area contributed by atoms with E-state index in [0.717, 1.165) is 0 Å². The van der Waals surface area contributed by atoms with Crippen LogP contribution in [-0.4, -0.2) is 21.3 Å². The van der Waals surface area contributed by atoms with Gasteiger partial charge in [-0.2, -0.15) is 0 Å². The molecule has 0 radical (unpaired) electrons. The zero-order valence-corrected chi connectivity index (χ0v) is 13.6. The van der Waals surface area contributed by atoms with Gasteiger partial charge in [-0.3, -0.25) is 0 Å². The van der Waals surface area contributed by atoms with E-state index in [1.807, 2.05) is 0 Å². The summed E-state index contributed by atoms with van der Waals surface area (Å²) in [5.41, 5.74) is 0.261. The first-order valence-corrected chi connectivity index (χ1v) is 9.75. The molecule has 0 aromatic rings. The summed E-state index contributed by atoms with van der Waals surface area (Å²) >= 11 is 0. The lowest BCUT2D eigenvalue weighted by molar-refractivity contribution is 0.0877. The van der Waals surface area contributed by atoms with Gasteiger partial charge in [0.1, 0.15) is 0 Å². The van der Waals surface area contributed by atoms with Crippen molar-refractivity contribution in [2.45, 2.75) is 60.4 Å². The van der Waals surface area contributed by atoms with Crippen LogP contribution in [0.2, 0.25) is 19.6 Å². The van der Waals surface area contributed by atoms with Crippen molar-refractivity contribution in [1.29, 1.82) is 0 Å². The van der Waals surface area contributed by atoms with Crippen LogP contribution >= 0.6 is 0 Å². The van der Waals surface area contributed by atoms with Gasteiger partial charge in [-0.25, -0.2) is 0 Å². The Bertz CT molecular complexity index is 242. The third-order valence-electron chi connectivity index (χ3n) is 3.02. The van der Waals surface area contributed by atoms with Gasteiger partial charge in [-0.05, 0) is 18.3 Å². The molecular formula is C14H30OSi. The van der Waals surface area contributed by atoms with E-state index in [0.29, 0.717) is 12.0 Å². The van der Waals surface area contributed by atoms with Crippen LogP contribution in [0.5, 0.6) is 0 Å². The fraction of sp³-hybridized carbons (Fsp3) is 0.857. The van der Waals surface area contributed by atoms with Gasteiger partial charge in [0.25, 0.3) is 0 Å². The molecule has 0 N–H and O–H groups in total. The smallest absolute Gasteiger partial charge is 0.0725 e. The Morgan fingerprint density at radius 2 is 1.56 bits per heavy atom. The lowest BCUT2D eigenvalue weighted by atomic mass is 9.93. The molecule has 0 fully saturated rings. The van der Waals surface area contributed by atoms with Crippen LogP contribution in [0.15, 0.2) is 11.3 Å². The maximum Gasteiger partial charge on any atom is 0.0725 e. The van der Waals surface area contributed by atoms with Crippen LogP contribution in [0.1, 0.15) is 34.6 Å². The van der Waals surface area contributed by atoms with Crippen molar-refractivity contribution < 1.29 is 4.74 Å². The molecule has 0 bridgehead atoms. The molecule has 0 heterocycles. The Morgan fingerprint density at radius 1 is 1.12 bits per heavy atom. The molecule has 0 aliphatic heterocycles. The highest BCUT2D eigenvalue weighted by Gasteiger charge is 2.29. The van der Waals surface area contributed by atoms with Gasteiger partial charge in [-0.15, -0.1) is 0 Å². The molecule has 2 atom stereocenters. The van der Waals surface area contributed by atoms with Gasteiger partial charge in [0, 0.05) is 7.11 Å². The van der Waals surface area contributed by atoms with Crippen LogP contribution in [0.3, 0.4) is 0 Å². The highest BCUT2D eigenvalue weighted by atomic mass is 28.3. The fourth-order valence-corrected chi connectivity index (χ4v) is 4.42. The van der Waals surface area contributed by atoms with Crippen molar-refractivity contribution >= 4 is 8.07 Å². The summed E-state index contributed by atoms with van der Waals surface area (Å²) in [6.07, 6.45) is 2.78. The van der Waals surface area contributed by atoms with E-state index in [4.69, 9.17) is 4.74 Å². The van der Waals surface area contributed by atoms with Crippen molar-refractivity contribution in [1.82, 2.24) is 0 Å². The lowest BCUT2D eigenvalue weighted by Crippen LogP contribution is -2.34. The third kappa shape index (κ3) is 5.31. The first-order chi connectivity index (χ1) is 6.99. The second-order valence-electron chi connectivity index (χ2n) is 6.95. The minimum atomic E-state index is -1.26. The Kier molecular flexibility index (Phi) is 5.47. The first kappa shape index (κ1) is 15.9. The molecular weight excluding hydrogens is 212 g/mol. The van der Waals surface area contributed by atoms with E-state index in [-0.39, 0.29) is 5.41 Å². The Morgan fingerprint density at radius 3 is 1.81 bits per heavy atom. The zero-order chi connectivity index (χ0) is 13.1. The predicted octanol–water partition coefficient (Wildman–Crippen LogP) is 4.51. The van der Waals surface area contributed by atoms with Gasteiger partial charge in [0.2, 0.25) is 0 Å². The van der Waals surface area contributed by atoms with Crippen LogP contribution in [-0.2, 0) is 4.74 Å². The summed E-state index contributed by atoms with van der Waals surface area (Å²) in [5.74, 6) is 0.524. The van der Waals surface area contributed by atoms with Crippen LogP contribution in [0.4, 0.5) is 0 Å². The minimum absolute atomic E-state index is 0.261. The van der Waals surface area contributed by atoms with Crippen LogP contribution in [0, 0.1) is 11.3 Å². The standard InChI is InChI=1S/C14H30OSi/c1-11(12(2)15-6)13(16(7,8)9)10-14(3,4)5/h10-12H,1-9H3/b13-10-/t11-,12+/m1/s1. The Labute approximate surface area is 103 Å². The summed E-state index contributed by atoms with van der Waals surface area (Å²) in [7, 11) is 0.548. The largest absolute Gasteiger partial charge is 0.381 e. The molecule has 0 amide bonds. The number of allylic oxidation sites excluding steroid dienone is 1. The molecule has 96 valence electrons. The molecule has 0 saturated carbocycles. The molecule has 0 spiro atoms. The summed E-state index contributed by atoms with van der Waals surface area (Å²) in [6.45, 7) is 18.5. The van der Waals surface area contributed by atoms with E-state index >= 15 is 0 Å². The summed E-state index contributed by atoms with van der Waals surface area (Å²) in [4.78, 5) is 0.